The fraction of sp³-hybridized carbons (Fsp3) is 0.364. The normalized spacial score (nSPS) is 17.1. The summed E-state index contributed by atoms with van der Waals surface area (Å²) >= 11 is 0. The summed E-state index contributed by atoms with van der Waals surface area (Å²) in [6.45, 7) is 0.961. The predicted octanol–water partition coefficient (Wildman–Crippen LogP) is 3.01. The minimum Gasteiger partial charge on any atom is -0.485 e. The molecule has 8 heteroatoms. The molecule has 0 aliphatic carbocycles. The molecule has 7 nitrogen and oxygen atoms in total. The lowest BCUT2D eigenvalue weighted by atomic mass is 9.99. The summed E-state index contributed by atoms with van der Waals surface area (Å²) in [7, 11) is -3.48. The molecule has 1 N–H and O–H groups in total. The maximum absolute atomic E-state index is 12.7. The average molecular weight is 429 g/mol. The number of fused-ring (bicyclic) bond motifs is 1. The number of anilines is 1. The summed E-state index contributed by atoms with van der Waals surface area (Å²) in [5, 5.41) is 2.79. The van der Waals surface area contributed by atoms with E-state index in [0.717, 1.165) is 30.5 Å². The summed E-state index contributed by atoms with van der Waals surface area (Å²) in [6, 6.07) is 11.4. The molecule has 2 heterocycles. The number of ether oxygens (including phenoxy) is 1. The van der Waals surface area contributed by atoms with Crippen LogP contribution >= 0.6 is 0 Å². The van der Waals surface area contributed by atoms with Gasteiger partial charge in [0.1, 0.15) is 5.75 Å². The first-order chi connectivity index (χ1) is 14.4. The third-order valence-corrected chi connectivity index (χ3v) is 7.38. The molecule has 2 aliphatic rings. The zero-order chi connectivity index (χ0) is 21.1. The van der Waals surface area contributed by atoms with Crippen molar-refractivity contribution in [1.29, 1.82) is 0 Å². The van der Waals surface area contributed by atoms with E-state index in [1.165, 1.54) is 16.4 Å². The molecule has 158 valence electrons. The van der Waals surface area contributed by atoms with E-state index in [1.54, 1.807) is 30.3 Å². The van der Waals surface area contributed by atoms with E-state index in [4.69, 9.17) is 4.74 Å². The van der Waals surface area contributed by atoms with E-state index < -0.39 is 10.0 Å². The van der Waals surface area contributed by atoms with E-state index >= 15 is 0 Å². The molecule has 0 radical (unpaired) electrons. The molecule has 0 unspecified atom stereocenters. The predicted molar refractivity (Wildman–Crippen MR) is 112 cm³/mol. The summed E-state index contributed by atoms with van der Waals surface area (Å²) in [6.07, 6.45) is 3.85. The number of piperidine rings is 1. The Balaban J connectivity index is 1.38. The van der Waals surface area contributed by atoms with Crippen LogP contribution in [0.25, 0.3) is 0 Å². The van der Waals surface area contributed by atoms with Crippen LogP contribution in [0.1, 0.15) is 41.6 Å². The first-order valence-corrected chi connectivity index (χ1v) is 11.6. The van der Waals surface area contributed by atoms with Crippen LogP contribution in [0.15, 0.2) is 47.4 Å². The van der Waals surface area contributed by atoms with Crippen molar-refractivity contribution in [2.24, 2.45) is 0 Å². The number of rotatable bonds is 6. The van der Waals surface area contributed by atoms with E-state index in [9.17, 15) is 18.0 Å². The zero-order valence-electron chi connectivity index (χ0n) is 16.6. The monoisotopic (exact) mass is 428 g/mol. The van der Waals surface area contributed by atoms with Crippen LogP contribution in [0.2, 0.25) is 0 Å². The van der Waals surface area contributed by atoms with Crippen LogP contribution in [-0.4, -0.2) is 44.1 Å². The Morgan fingerprint density at radius 2 is 1.73 bits per heavy atom. The van der Waals surface area contributed by atoms with Crippen molar-refractivity contribution in [3.63, 3.8) is 0 Å². The van der Waals surface area contributed by atoms with Crippen molar-refractivity contribution in [2.45, 2.75) is 37.0 Å². The first-order valence-electron chi connectivity index (χ1n) is 10.1. The van der Waals surface area contributed by atoms with Gasteiger partial charge in [0.15, 0.2) is 12.4 Å². The second-order valence-corrected chi connectivity index (χ2v) is 9.51. The fourth-order valence-electron chi connectivity index (χ4n) is 3.75. The Labute approximate surface area is 176 Å². The first kappa shape index (κ1) is 20.6. The van der Waals surface area contributed by atoms with E-state index in [2.05, 4.69) is 5.32 Å². The number of carbonyl (C=O) groups is 2. The Morgan fingerprint density at radius 1 is 1.00 bits per heavy atom. The molecule has 2 aliphatic heterocycles. The summed E-state index contributed by atoms with van der Waals surface area (Å²) in [5.41, 5.74) is 2.20. The highest BCUT2D eigenvalue weighted by Crippen LogP contribution is 2.25. The van der Waals surface area contributed by atoms with Crippen molar-refractivity contribution in [2.75, 3.05) is 25.0 Å². The van der Waals surface area contributed by atoms with Gasteiger partial charge in [0, 0.05) is 30.8 Å². The van der Waals surface area contributed by atoms with Crippen molar-refractivity contribution < 1.29 is 22.7 Å². The SMILES string of the molecule is O=C1CCc2cc(C(=O)COc3ccc(S(=O)(=O)N4CCCCC4)cc3)ccc2N1. The van der Waals surface area contributed by atoms with E-state index in [1.807, 2.05) is 0 Å². The smallest absolute Gasteiger partial charge is 0.243 e. The van der Waals surface area contributed by atoms with Crippen molar-refractivity contribution in [3.05, 3.63) is 53.6 Å². The Hall–Kier alpha value is -2.71. The number of Topliss-reactive ketones (excluding diaryl/α,β-unsaturated/α-hetero) is 1. The number of aryl methyl sites for hydroxylation is 1. The Kier molecular flexibility index (Phi) is 5.87. The number of nitrogens with one attached hydrogen (secondary N) is 1. The molecule has 4 rings (SSSR count). The van der Waals surface area contributed by atoms with Gasteiger partial charge in [0.05, 0.1) is 4.90 Å². The maximum Gasteiger partial charge on any atom is 0.243 e. The van der Waals surface area contributed by atoms with Crippen molar-refractivity contribution in [3.8, 4) is 5.75 Å². The van der Waals surface area contributed by atoms with Gasteiger partial charge in [0.2, 0.25) is 15.9 Å². The third-order valence-electron chi connectivity index (χ3n) is 5.47. The van der Waals surface area contributed by atoms with E-state index in [0.29, 0.717) is 37.2 Å². The van der Waals surface area contributed by atoms with Crippen molar-refractivity contribution >= 4 is 27.4 Å². The van der Waals surface area contributed by atoms with Crippen LogP contribution in [0.3, 0.4) is 0 Å². The van der Waals surface area contributed by atoms with Crippen LogP contribution in [0.4, 0.5) is 5.69 Å². The Morgan fingerprint density at radius 3 is 2.47 bits per heavy atom. The van der Waals surface area contributed by atoms with Gasteiger partial charge in [-0.3, -0.25) is 9.59 Å². The molecular weight excluding hydrogens is 404 g/mol. The number of nitrogens with zero attached hydrogens (tertiary/aromatic N) is 1. The molecule has 0 bridgehead atoms. The highest BCUT2D eigenvalue weighted by Gasteiger charge is 2.25. The molecule has 1 saturated heterocycles. The van der Waals surface area contributed by atoms with Gasteiger partial charge in [-0.15, -0.1) is 0 Å². The lowest BCUT2D eigenvalue weighted by Gasteiger charge is -2.25. The van der Waals surface area contributed by atoms with E-state index in [-0.39, 0.29) is 23.2 Å². The molecule has 30 heavy (non-hydrogen) atoms. The van der Waals surface area contributed by atoms with Gasteiger partial charge < -0.3 is 10.1 Å². The second kappa shape index (κ2) is 8.57. The quantitative estimate of drug-likeness (QED) is 0.714. The van der Waals surface area contributed by atoms with Gasteiger partial charge in [-0.2, -0.15) is 4.31 Å². The topological polar surface area (TPSA) is 92.8 Å². The molecular formula is C22H24N2O5S. The lowest BCUT2D eigenvalue weighted by Crippen LogP contribution is -2.35. The standard InChI is InChI=1S/C22H24N2O5S/c25-21(17-4-10-20-16(14-17)5-11-22(26)23-20)15-29-18-6-8-19(9-7-18)30(27,28)24-12-2-1-3-13-24/h4,6-10,14H,1-3,5,11-13,15H2,(H,23,26). The number of hydrogen-bond donors (Lipinski definition) is 1. The summed E-state index contributed by atoms with van der Waals surface area (Å²) in [4.78, 5) is 24.2. The molecule has 2 aromatic rings. The summed E-state index contributed by atoms with van der Waals surface area (Å²) in [5.74, 6) is 0.238. The minimum absolute atomic E-state index is 0.0179. The largest absolute Gasteiger partial charge is 0.485 e. The Bertz CT molecular complexity index is 1060. The van der Waals surface area contributed by atoms with Gasteiger partial charge in [0.25, 0.3) is 0 Å². The molecule has 0 aromatic heterocycles. The lowest BCUT2D eigenvalue weighted by molar-refractivity contribution is -0.116. The molecule has 1 fully saturated rings. The highest BCUT2D eigenvalue weighted by atomic mass is 32.2. The number of sulfonamides is 1. The van der Waals surface area contributed by atoms with Crippen LogP contribution in [0.5, 0.6) is 5.75 Å². The summed E-state index contributed by atoms with van der Waals surface area (Å²) < 4.78 is 32.5. The van der Waals surface area contributed by atoms with Crippen molar-refractivity contribution in [1.82, 2.24) is 4.31 Å². The van der Waals surface area contributed by atoms with Gasteiger partial charge in [-0.1, -0.05) is 6.42 Å². The third kappa shape index (κ3) is 4.39. The fourth-order valence-corrected chi connectivity index (χ4v) is 5.27. The number of carbonyl (C=O) groups excluding carboxylic acids is 2. The maximum atomic E-state index is 12.7. The van der Waals surface area contributed by atoms with Gasteiger partial charge in [-0.25, -0.2) is 8.42 Å². The van der Waals surface area contributed by atoms with Gasteiger partial charge >= 0.3 is 0 Å². The molecule has 2 aromatic carbocycles. The van der Waals surface area contributed by atoms with Crippen LogP contribution in [0, 0.1) is 0 Å². The van der Waals surface area contributed by atoms with Crippen LogP contribution in [-0.2, 0) is 21.2 Å². The van der Waals surface area contributed by atoms with Gasteiger partial charge in [-0.05, 0) is 67.3 Å². The highest BCUT2D eigenvalue weighted by molar-refractivity contribution is 7.89. The molecule has 0 atom stereocenters. The molecule has 0 spiro atoms. The zero-order valence-corrected chi connectivity index (χ0v) is 17.4. The second-order valence-electron chi connectivity index (χ2n) is 7.57. The molecule has 0 saturated carbocycles. The molecule has 1 amide bonds. The minimum atomic E-state index is -3.48. The number of hydrogen-bond acceptors (Lipinski definition) is 5. The number of benzene rings is 2. The van der Waals surface area contributed by atoms with Crippen LogP contribution < -0.4 is 10.1 Å². The average Bonchev–Trinajstić information content (AvgIpc) is 2.78. The number of ketones is 1. The number of amides is 1.